The van der Waals surface area contributed by atoms with Crippen molar-refractivity contribution in [3.63, 3.8) is 0 Å². The Morgan fingerprint density at radius 3 is 2.71 bits per heavy atom. The van der Waals surface area contributed by atoms with Gasteiger partial charge in [-0.15, -0.1) is 5.10 Å². The number of nitrogens with two attached hydrogens (primary N) is 1. The number of hydrogen-bond acceptors (Lipinski definition) is 5. The van der Waals surface area contributed by atoms with E-state index >= 15 is 0 Å². The third-order valence-corrected chi connectivity index (χ3v) is 2.79. The second kappa shape index (κ2) is 5.01. The summed E-state index contributed by atoms with van der Waals surface area (Å²) in [5.74, 6) is 0.230. The minimum absolute atomic E-state index is 0.0325. The molecular weight excluding hydrogens is 236 g/mol. The van der Waals surface area contributed by atoms with Gasteiger partial charge in [0.05, 0.1) is 0 Å². The van der Waals surface area contributed by atoms with Crippen LogP contribution >= 0.6 is 11.8 Å². The molecule has 0 aliphatic heterocycles. The van der Waals surface area contributed by atoms with Gasteiger partial charge in [0.25, 0.3) is 0 Å². The lowest BCUT2D eigenvalue weighted by molar-refractivity contribution is 0.0968. The Labute approximate surface area is 103 Å². The van der Waals surface area contributed by atoms with Crippen LogP contribution in [-0.4, -0.2) is 26.8 Å². The highest BCUT2D eigenvalue weighted by Crippen LogP contribution is 2.11. The van der Waals surface area contributed by atoms with Gasteiger partial charge in [-0.2, -0.15) is 4.98 Å². The van der Waals surface area contributed by atoms with E-state index in [9.17, 15) is 4.79 Å². The second-order valence-corrected chi connectivity index (χ2v) is 4.18. The van der Waals surface area contributed by atoms with Crippen molar-refractivity contribution in [2.24, 2.45) is 0 Å². The molecule has 0 saturated heterocycles. The van der Waals surface area contributed by atoms with Gasteiger partial charge in [0.2, 0.25) is 11.1 Å². The number of benzene rings is 1. The predicted molar refractivity (Wildman–Crippen MR) is 67.0 cm³/mol. The molecule has 0 unspecified atom stereocenters. The molecule has 0 amide bonds. The third-order valence-electron chi connectivity index (χ3n) is 2.25. The Kier molecular flexibility index (Phi) is 3.43. The molecule has 1 aromatic carbocycles. The van der Waals surface area contributed by atoms with Crippen LogP contribution < -0.4 is 5.73 Å². The van der Waals surface area contributed by atoms with E-state index in [-0.39, 0.29) is 18.3 Å². The minimum atomic E-state index is -0.0325. The smallest absolute Gasteiger partial charge is 0.219 e. The van der Waals surface area contributed by atoms with Gasteiger partial charge < -0.3 is 5.73 Å². The Hall–Kier alpha value is -1.82. The molecule has 0 aliphatic rings. The maximum Gasteiger partial charge on any atom is 0.219 e. The van der Waals surface area contributed by atoms with Crippen LogP contribution in [0.5, 0.6) is 0 Å². The number of thioether (sulfide) groups is 1. The SMILES string of the molecule is CSc1nc(N)n(CC(=O)c2ccccc2)n1. The molecule has 0 radical (unpaired) electrons. The molecule has 1 aromatic heterocycles. The molecule has 0 bridgehead atoms. The third kappa shape index (κ3) is 2.65. The fourth-order valence-electron chi connectivity index (χ4n) is 1.39. The highest BCUT2D eigenvalue weighted by Gasteiger charge is 2.11. The zero-order chi connectivity index (χ0) is 12.3. The summed E-state index contributed by atoms with van der Waals surface area (Å²) in [5, 5.41) is 4.69. The average Bonchev–Trinajstić information content (AvgIpc) is 2.71. The fraction of sp³-hybridized carbons (Fsp3) is 0.182. The zero-order valence-corrected chi connectivity index (χ0v) is 10.1. The predicted octanol–water partition coefficient (Wildman–Crippen LogP) is 1.47. The standard InChI is InChI=1S/C11H12N4OS/c1-17-11-13-10(12)15(14-11)7-9(16)8-5-3-2-4-6-8/h2-6H,7H2,1H3,(H2,12,13,14). The normalized spacial score (nSPS) is 10.4. The van der Waals surface area contributed by atoms with Gasteiger partial charge in [0.1, 0.15) is 6.54 Å². The molecule has 1 heterocycles. The Balaban J connectivity index is 2.16. The van der Waals surface area contributed by atoms with E-state index in [4.69, 9.17) is 5.73 Å². The first-order valence-corrected chi connectivity index (χ1v) is 6.25. The van der Waals surface area contributed by atoms with E-state index in [1.807, 2.05) is 24.5 Å². The van der Waals surface area contributed by atoms with E-state index in [1.165, 1.54) is 16.4 Å². The van der Waals surface area contributed by atoms with Crippen LogP contribution in [0.1, 0.15) is 10.4 Å². The van der Waals surface area contributed by atoms with Crippen molar-refractivity contribution in [3.05, 3.63) is 35.9 Å². The molecule has 0 spiro atoms. The van der Waals surface area contributed by atoms with Crippen molar-refractivity contribution in [2.45, 2.75) is 11.7 Å². The number of carbonyl (C=O) groups excluding carboxylic acids is 1. The summed E-state index contributed by atoms with van der Waals surface area (Å²) in [7, 11) is 0. The Bertz CT molecular complexity index is 524. The number of aromatic nitrogens is 3. The summed E-state index contributed by atoms with van der Waals surface area (Å²) in [6.45, 7) is 0.114. The number of carbonyl (C=O) groups is 1. The van der Waals surface area contributed by atoms with Crippen molar-refractivity contribution in [1.29, 1.82) is 0 Å². The number of rotatable bonds is 4. The van der Waals surface area contributed by atoms with Crippen molar-refractivity contribution >= 4 is 23.5 Å². The number of hydrogen-bond donors (Lipinski definition) is 1. The largest absolute Gasteiger partial charge is 0.368 e. The van der Waals surface area contributed by atoms with Crippen LogP contribution in [0.4, 0.5) is 5.95 Å². The lowest BCUT2D eigenvalue weighted by atomic mass is 10.1. The number of anilines is 1. The first kappa shape index (κ1) is 11.7. The quantitative estimate of drug-likeness (QED) is 0.655. The van der Waals surface area contributed by atoms with Gasteiger partial charge in [-0.1, -0.05) is 42.1 Å². The highest BCUT2D eigenvalue weighted by molar-refractivity contribution is 7.98. The molecule has 5 nitrogen and oxygen atoms in total. The molecule has 2 rings (SSSR count). The van der Waals surface area contributed by atoms with E-state index in [0.717, 1.165) is 0 Å². The second-order valence-electron chi connectivity index (χ2n) is 3.40. The summed E-state index contributed by atoms with van der Waals surface area (Å²) in [5.41, 5.74) is 6.31. The molecule has 0 saturated carbocycles. The van der Waals surface area contributed by atoms with Crippen molar-refractivity contribution in [3.8, 4) is 0 Å². The number of ketones is 1. The molecule has 2 N–H and O–H groups in total. The molecule has 2 aromatic rings. The Morgan fingerprint density at radius 2 is 2.12 bits per heavy atom. The first-order chi connectivity index (χ1) is 8.20. The van der Waals surface area contributed by atoms with Gasteiger partial charge in [0, 0.05) is 5.56 Å². The summed E-state index contributed by atoms with van der Waals surface area (Å²) < 4.78 is 1.42. The lowest BCUT2D eigenvalue weighted by Gasteiger charge is -2.01. The zero-order valence-electron chi connectivity index (χ0n) is 9.33. The molecular formula is C11H12N4OS. The van der Waals surface area contributed by atoms with Crippen LogP contribution in [0.25, 0.3) is 0 Å². The lowest BCUT2D eigenvalue weighted by Crippen LogP contribution is -2.13. The molecule has 0 aliphatic carbocycles. The number of nitrogen functional groups attached to an aromatic ring is 1. The first-order valence-electron chi connectivity index (χ1n) is 5.03. The summed E-state index contributed by atoms with van der Waals surface area (Å²) in [6.07, 6.45) is 1.86. The van der Waals surface area contributed by atoms with E-state index < -0.39 is 0 Å². The maximum atomic E-state index is 11.9. The van der Waals surface area contributed by atoms with E-state index in [0.29, 0.717) is 10.7 Å². The summed E-state index contributed by atoms with van der Waals surface area (Å²) in [6, 6.07) is 9.05. The molecule has 0 atom stereocenters. The van der Waals surface area contributed by atoms with Crippen LogP contribution in [-0.2, 0) is 6.54 Å². The van der Waals surface area contributed by atoms with Crippen LogP contribution in [0, 0.1) is 0 Å². The minimum Gasteiger partial charge on any atom is -0.368 e. The monoisotopic (exact) mass is 248 g/mol. The van der Waals surface area contributed by atoms with Crippen molar-refractivity contribution in [2.75, 3.05) is 12.0 Å². The van der Waals surface area contributed by atoms with Crippen LogP contribution in [0.15, 0.2) is 35.5 Å². The van der Waals surface area contributed by atoms with Gasteiger partial charge >= 0.3 is 0 Å². The molecule has 0 fully saturated rings. The fourth-order valence-corrected chi connectivity index (χ4v) is 1.75. The van der Waals surface area contributed by atoms with Crippen molar-refractivity contribution < 1.29 is 4.79 Å². The maximum absolute atomic E-state index is 11.9. The number of Topliss-reactive ketones (excluding diaryl/α,β-unsaturated/α-hetero) is 1. The Morgan fingerprint density at radius 1 is 1.41 bits per heavy atom. The van der Waals surface area contributed by atoms with Crippen LogP contribution in [0.2, 0.25) is 0 Å². The molecule has 17 heavy (non-hydrogen) atoms. The topological polar surface area (TPSA) is 73.8 Å². The summed E-state index contributed by atoms with van der Waals surface area (Å²) in [4.78, 5) is 15.9. The van der Waals surface area contributed by atoms with Gasteiger partial charge in [-0.25, -0.2) is 4.68 Å². The van der Waals surface area contributed by atoms with Gasteiger partial charge in [-0.05, 0) is 6.26 Å². The number of nitrogens with zero attached hydrogens (tertiary/aromatic N) is 3. The van der Waals surface area contributed by atoms with Gasteiger partial charge in [-0.3, -0.25) is 4.79 Å². The summed E-state index contributed by atoms with van der Waals surface area (Å²) >= 11 is 1.39. The van der Waals surface area contributed by atoms with E-state index in [2.05, 4.69) is 10.1 Å². The molecule has 6 heteroatoms. The molecule has 88 valence electrons. The average molecular weight is 248 g/mol. The highest BCUT2D eigenvalue weighted by atomic mass is 32.2. The van der Waals surface area contributed by atoms with Crippen LogP contribution in [0.3, 0.4) is 0 Å². The van der Waals surface area contributed by atoms with E-state index in [1.54, 1.807) is 12.1 Å². The van der Waals surface area contributed by atoms with Crippen molar-refractivity contribution in [1.82, 2.24) is 14.8 Å². The van der Waals surface area contributed by atoms with Gasteiger partial charge in [0.15, 0.2) is 5.78 Å².